The Morgan fingerprint density at radius 2 is 2.00 bits per heavy atom. The molecular formula is C22H23NO4S. The van der Waals surface area contributed by atoms with E-state index in [1.54, 1.807) is 6.26 Å². The number of furan rings is 1. The van der Waals surface area contributed by atoms with Gasteiger partial charge in [-0.2, -0.15) is 0 Å². The molecule has 2 aromatic heterocycles. The van der Waals surface area contributed by atoms with Crippen LogP contribution in [0.25, 0.3) is 11.0 Å². The van der Waals surface area contributed by atoms with Crippen LogP contribution in [0.5, 0.6) is 0 Å². The predicted molar refractivity (Wildman–Crippen MR) is 110 cm³/mol. The Kier molecular flexibility index (Phi) is 4.98. The number of carbonyl (C=O) groups is 2. The number of ether oxygens (including phenoxy) is 1. The van der Waals surface area contributed by atoms with Crippen molar-refractivity contribution in [2.24, 2.45) is 0 Å². The number of hydrogen-bond acceptors (Lipinski definition) is 5. The van der Waals surface area contributed by atoms with Crippen LogP contribution in [0.15, 0.2) is 22.8 Å². The van der Waals surface area contributed by atoms with E-state index in [1.807, 2.05) is 26.0 Å². The Bertz CT molecular complexity index is 1080. The van der Waals surface area contributed by atoms with Gasteiger partial charge in [-0.1, -0.05) is 12.1 Å². The van der Waals surface area contributed by atoms with Gasteiger partial charge in [0.15, 0.2) is 0 Å². The van der Waals surface area contributed by atoms with Crippen molar-refractivity contribution >= 4 is 39.2 Å². The number of thiophene rings is 1. The van der Waals surface area contributed by atoms with E-state index in [-0.39, 0.29) is 18.3 Å². The zero-order valence-corrected chi connectivity index (χ0v) is 17.1. The lowest BCUT2D eigenvalue weighted by Gasteiger charge is -2.11. The van der Waals surface area contributed by atoms with Crippen molar-refractivity contribution in [1.29, 1.82) is 0 Å². The van der Waals surface area contributed by atoms with Crippen LogP contribution in [0.4, 0.5) is 5.00 Å². The van der Waals surface area contributed by atoms with Crippen LogP contribution in [0.1, 0.15) is 50.3 Å². The quantitative estimate of drug-likeness (QED) is 0.632. The molecule has 1 aliphatic rings. The summed E-state index contributed by atoms with van der Waals surface area (Å²) in [7, 11) is 1.38. The molecule has 1 N–H and O–H groups in total. The van der Waals surface area contributed by atoms with Crippen LogP contribution < -0.4 is 5.32 Å². The van der Waals surface area contributed by atoms with E-state index in [0.29, 0.717) is 10.6 Å². The Labute approximate surface area is 167 Å². The van der Waals surface area contributed by atoms with Gasteiger partial charge in [0.1, 0.15) is 10.6 Å². The van der Waals surface area contributed by atoms with Crippen LogP contribution in [0.2, 0.25) is 0 Å². The van der Waals surface area contributed by atoms with Crippen LogP contribution in [0, 0.1) is 13.8 Å². The van der Waals surface area contributed by atoms with E-state index in [9.17, 15) is 9.59 Å². The summed E-state index contributed by atoms with van der Waals surface area (Å²) in [6, 6.07) is 4.03. The summed E-state index contributed by atoms with van der Waals surface area (Å²) in [5, 5.41) is 4.51. The molecule has 0 atom stereocenters. The summed E-state index contributed by atoms with van der Waals surface area (Å²) in [4.78, 5) is 26.3. The molecular weight excluding hydrogens is 374 g/mol. The van der Waals surface area contributed by atoms with Gasteiger partial charge in [-0.25, -0.2) is 4.79 Å². The van der Waals surface area contributed by atoms with Crippen molar-refractivity contribution in [3.8, 4) is 0 Å². The fourth-order valence-electron chi connectivity index (χ4n) is 3.84. The normalized spacial score (nSPS) is 13.4. The Balaban J connectivity index is 1.60. The number of hydrogen-bond donors (Lipinski definition) is 1. The van der Waals surface area contributed by atoms with Crippen LogP contribution >= 0.6 is 11.3 Å². The minimum atomic E-state index is -0.380. The summed E-state index contributed by atoms with van der Waals surface area (Å²) < 4.78 is 10.7. The van der Waals surface area contributed by atoms with Gasteiger partial charge >= 0.3 is 5.97 Å². The van der Waals surface area contributed by atoms with E-state index in [1.165, 1.54) is 23.3 Å². The van der Waals surface area contributed by atoms with Gasteiger partial charge in [-0.15, -0.1) is 11.3 Å². The maximum absolute atomic E-state index is 12.8. The number of amides is 1. The predicted octanol–water partition coefficient (Wildman–Crippen LogP) is 4.96. The number of methoxy groups -OCH3 is 1. The molecule has 0 fully saturated rings. The summed E-state index contributed by atoms with van der Waals surface area (Å²) in [6.45, 7) is 4.06. The highest BCUT2D eigenvalue weighted by molar-refractivity contribution is 7.17. The van der Waals surface area contributed by atoms with Gasteiger partial charge in [0.2, 0.25) is 5.91 Å². The molecule has 1 amide bonds. The number of aryl methyl sites for hydroxylation is 3. The van der Waals surface area contributed by atoms with E-state index in [2.05, 4.69) is 5.32 Å². The molecule has 3 aromatic rings. The minimum absolute atomic E-state index is 0.162. The highest BCUT2D eigenvalue weighted by Crippen LogP contribution is 2.38. The number of anilines is 1. The number of esters is 1. The second-order valence-corrected chi connectivity index (χ2v) is 8.38. The van der Waals surface area contributed by atoms with Crippen LogP contribution in [-0.2, 0) is 28.8 Å². The average molecular weight is 397 g/mol. The Morgan fingerprint density at radius 1 is 1.21 bits per heavy atom. The number of nitrogens with one attached hydrogen (secondary N) is 1. The monoisotopic (exact) mass is 397 g/mol. The second kappa shape index (κ2) is 7.43. The smallest absolute Gasteiger partial charge is 0.341 e. The summed E-state index contributed by atoms with van der Waals surface area (Å²) >= 11 is 1.50. The molecule has 146 valence electrons. The van der Waals surface area contributed by atoms with Crippen molar-refractivity contribution < 1.29 is 18.7 Å². The van der Waals surface area contributed by atoms with Gasteiger partial charge < -0.3 is 14.5 Å². The summed E-state index contributed by atoms with van der Waals surface area (Å²) in [5.41, 5.74) is 5.48. The molecule has 0 saturated carbocycles. The van der Waals surface area contributed by atoms with E-state index in [4.69, 9.17) is 9.15 Å². The second-order valence-electron chi connectivity index (χ2n) is 7.28. The molecule has 0 unspecified atom stereocenters. The molecule has 2 heterocycles. The summed E-state index contributed by atoms with van der Waals surface area (Å²) in [6.07, 6.45) is 5.82. The molecule has 5 nitrogen and oxygen atoms in total. The van der Waals surface area contributed by atoms with Gasteiger partial charge in [0.25, 0.3) is 0 Å². The molecule has 1 aromatic carbocycles. The Hall–Kier alpha value is -2.60. The third-order valence-electron chi connectivity index (χ3n) is 5.51. The SMILES string of the molecule is COC(=O)c1c(NC(=O)Cc2coc3c(C)c(C)ccc23)sc2c1CCCC2. The third kappa shape index (κ3) is 3.22. The van der Waals surface area contributed by atoms with Crippen molar-refractivity contribution in [2.45, 2.75) is 46.0 Å². The van der Waals surface area contributed by atoms with Crippen molar-refractivity contribution in [1.82, 2.24) is 0 Å². The number of fused-ring (bicyclic) bond motifs is 2. The molecule has 1 aliphatic carbocycles. The maximum Gasteiger partial charge on any atom is 0.341 e. The topological polar surface area (TPSA) is 68.5 Å². The third-order valence-corrected chi connectivity index (χ3v) is 6.71. The van der Waals surface area contributed by atoms with Crippen LogP contribution in [0.3, 0.4) is 0 Å². The van der Waals surface area contributed by atoms with Gasteiger partial charge in [-0.3, -0.25) is 4.79 Å². The standard InChI is InChI=1S/C22H23NO4S/c1-12-8-9-15-14(11-27-20(15)13(12)2)10-18(24)23-21-19(22(25)26-3)16-6-4-5-7-17(16)28-21/h8-9,11H,4-7,10H2,1-3H3,(H,23,24). The van der Waals surface area contributed by atoms with Gasteiger partial charge in [0.05, 0.1) is 25.4 Å². The molecule has 0 bridgehead atoms. The van der Waals surface area contributed by atoms with E-state index < -0.39 is 0 Å². The highest BCUT2D eigenvalue weighted by Gasteiger charge is 2.27. The number of carbonyl (C=O) groups excluding carboxylic acids is 2. The highest BCUT2D eigenvalue weighted by atomic mass is 32.1. The zero-order valence-electron chi connectivity index (χ0n) is 16.3. The first-order chi connectivity index (χ1) is 13.5. The van der Waals surface area contributed by atoms with Crippen LogP contribution in [-0.4, -0.2) is 19.0 Å². The largest absolute Gasteiger partial charge is 0.465 e. The first-order valence-electron chi connectivity index (χ1n) is 9.48. The lowest BCUT2D eigenvalue weighted by Crippen LogP contribution is -2.16. The van der Waals surface area contributed by atoms with E-state index in [0.717, 1.165) is 58.9 Å². The van der Waals surface area contributed by atoms with Crippen molar-refractivity contribution in [2.75, 3.05) is 12.4 Å². The van der Waals surface area contributed by atoms with Gasteiger partial charge in [-0.05, 0) is 56.2 Å². The molecule has 4 rings (SSSR count). The van der Waals surface area contributed by atoms with Crippen molar-refractivity contribution in [3.63, 3.8) is 0 Å². The average Bonchev–Trinajstić information content (AvgIpc) is 3.25. The molecule has 6 heteroatoms. The fraction of sp³-hybridized carbons (Fsp3) is 0.364. The lowest BCUT2D eigenvalue weighted by molar-refractivity contribution is -0.115. The molecule has 0 spiro atoms. The summed E-state index contributed by atoms with van der Waals surface area (Å²) in [5.74, 6) is -0.542. The first-order valence-corrected chi connectivity index (χ1v) is 10.3. The van der Waals surface area contributed by atoms with Gasteiger partial charge in [0, 0.05) is 15.8 Å². The minimum Gasteiger partial charge on any atom is -0.465 e. The maximum atomic E-state index is 12.8. The fourth-order valence-corrected chi connectivity index (χ4v) is 5.13. The molecule has 0 radical (unpaired) electrons. The van der Waals surface area contributed by atoms with E-state index >= 15 is 0 Å². The number of rotatable bonds is 4. The first kappa shape index (κ1) is 18.7. The molecule has 28 heavy (non-hydrogen) atoms. The van der Waals surface area contributed by atoms with Crippen molar-refractivity contribution in [3.05, 3.63) is 51.1 Å². The zero-order chi connectivity index (χ0) is 19.8. The lowest BCUT2D eigenvalue weighted by atomic mass is 9.95. The Morgan fingerprint density at radius 3 is 2.79 bits per heavy atom. The number of benzene rings is 1. The molecule has 0 aliphatic heterocycles. The molecule has 0 saturated heterocycles.